The van der Waals surface area contributed by atoms with Gasteiger partial charge < -0.3 is 38.4 Å². The smallest absolute Gasteiger partial charge is 0.411 e. The van der Waals surface area contributed by atoms with Gasteiger partial charge in [0.05, 0.1) is 59.6 Å². The molecule has 0 radical (unpaired) electrons. The van der Waals surface area contributed by atoms with Crippen LogP contribution in [0.25, 0.3) is 44.1 Å². The van der Waals surface area contributed by atoms with Crippen molar-refractivity contribution in [1.29, 1.82) is 0 Å². The number of nitrogens with zero attached hydrogens (tertiary/aromatic N) is 7. The van der Waals surface area contributed by atoms with Gasteiger partial charge in [-0.05, 0) is 102 Å². The number of hydrogen-bond donors (Lipinski definition) is 1. The van der Waals surface area contributed by atoms with E-state index in [4.69, 9.17) is 79.8 Å². The molecule has 0 aliphatic carbocycles. The lowest BCUT2D eigenvalue weighted by Gasteiger charge is -2.29. The summed E-state index contributed by atoms with van der Waals surface area (Å²) < 4.78 is 32.5. The Balaban J connectivity index is 0.000000226. The largest absolute Gasteiger partial charge is 0.495 e. The van der Waals surface area contributed by atoms with Crippen molar-refractivity contribution in [1.82, 2.24) is 34.6 Å². The van der Waals surface area contributed by atoms with Gasteiger partial charge in [0.25, 0.3) is 0 Å². The maximum absolute atomic E-state index is 12.9. The molecule has 78 heavy (non-hydrogen) atoms. The Hall–Kier alpha value is -6.60. The third kappa shape index (κ3) is 13.4. The molecule has 2 aliphatic rings. The van der Waals surface area contributed by atoms with Crippen molar-refractivity contribution in [3.05, 3.63) is 92.7 Å². The number of carbonyl (C=O) groups excluding carboxylic acids is 3. The SMILES string of the molecule is COc1cc(OC)c(Cl)c(-c2ccc3nc(C[C@H]4C[C@@H](C(=O)N(C)C)N(C(=O)OC(C)(C)C)C4)ncc3c2)c1Cl.COc1cc(OC)c(Cl)c(-c2ccc3nc(C[C@H]4C[C@@H](C(=O)O)N(C(=O)OC(C)(C)C)C4)ncc3c2)c1Cl. The van der Waals surface area contributed by atoms with E-state index in [1.54, 1.807) is 59.4 Å². The molecule has 2 aliphatic heterocycles. The molecule has 0 unspecified atom stereocenters. The fraction of sp³-hybridized carbons (Fsp3) is 0.429. The van der Waals surface area contributed by atoms with Crippen LogP contribution >= 0.6 is 46.4 Å². The zero-order valence-electron chi connectivity index (χ0n) is 45.5. The van der Waals surface area contributed by atoms with Crippen molar-refractivity contribution >= 4 is 92.3 Å². The molecule has 2 saturated heterocycles. The predicted molar refractivity (Wildman–Crippen MR) is 300 cm³/mol. The molecule has 0 spiro atoms. The molecule has 6 aromatic rings. The standard InChI is InChI=1S/C29H34Cl2N4O5.C27H29Cl2N3O6/c1-29(2,3)40-28(37)35-15-16(10-20(35)27(36)34(4)5)11-23-32-14-18-12-17(8-9-19(18)33-23)24-25(30)21(38-6)13-22(39-7)26(24)31;1-27(2,3)38-26(35)32-13-14(8-18(32)25(33)34)9-21-30-12-16-10-15(6-7-17(16)31-21)22-23(28)19(36-4)11-20(37-5)24(22)29/h8-9,12-14,16,20H,10-11,15H2,1-7H3;6-7,10-12,14,18H,8-9,13H2,1-5H3,(H,33,34)/t16-,20+;14-,18+/m11/s1. The number of ether oxygens (including phenoxy) is 6. The first-order chi connectivity index (χ1) is 36.7. The number of halogens is 4. The van der Waals surface area contributed by atoms with E-state index < -0.39 is 41.4 Å². The molecule has 4 heterocycles. The summed E-state index contributed by atoms with van der Waals surface area (Å²) in [7, 11) is 9.47. The molecule has 2 aromatic heterocycles. The van der Waals surface area contributed by atoms with Crippen LogP contribution in [-0.4, -0.2) is 143 Å². The molecule has 22 heteroatoms. The Morgan fingerprint density at radius 1 is 0.590 bits per heavy atom. The second-order valence-electron chi connectivity index (χ2n) is 21.2. The second-order valence-corrected chi connectivity index (χ2v) is 22.7. The minimum absolute atomic E-state index is 0.00000303. The minimum Gasteiger partial charge on any atom is -0.495 e. The Kier molecular flexibility index (Phi) is 18.3. The van der Waals surface area contributed by atoms with Gasteiger partial charge in [-0.1, -0.05) is 58.5 Å². The van der Waals surface area contributed by atoms with Crippen molar-refractivity contribution < 1.29 is 52.7 Å². The quantitative estimate of drug-likeness (QED) is 0.121. The molecule has 3 amide bonds. The third-order valence-electron chi connectivity index (χ3n) is 13.0. The van der Waals surface area contributed by atoms with Crippen LogP contribution in [0.2, 0.25) is 20.1 Å². The van der Waals surface area contributed by atoms with Gasteiger partial charge in [0.2, 0.25) is 5.91 Å². The summed E-state index contributed by atoms with van der Waals surface area (Å²) in [5, 5.41) is 12.7. The molecule has 4 aromatic carbocycles. The number of benzene rings is 4. The Bertz CT molecular complexity index is 3200. The highest BCUT2D eigenvalue weighted by Crippen LogP contribution is 2.48. The zero-order valence-corrected chi connectivity index (χ0v) is 48.5. The number of carboxylic acid groups (broad SMARTS) is 1. The molecule has 2 fully saturated rings. The maximum Gasteiger partial charge on any atom is 0.411 e. The highest BCUT2D eigenvalue weighted by molar-refractivity contribution is 6.42. The summed E-state index contributed by atoms with van der Waals surface area (Å²) in [4.78, 5) is 73.1. The van der Waals surface area contributed by atoms with Gasteiger partial charge >= 0.3 is 18.2 Å². The Labute approximate surface area is 473 Å². The molecular formula is C56H63Cl4N7O11. The van der Waals surface area contributed by atoms with Crippen molar-refractivity contribution in [3.8, 4) is 45.3 Å². The number of aromatic nitrogens is 4. The normalized spacial score (nSPS) is 17.3. The van der Waals surface area contributed by atoms with E-state index in [9.17, 15) is 24.3 Å². The summed E-state index contributed by atoms with van der Waals surface area (Å²) in [5.41, 5.74) is 2.75. The fourth-order valence-corrected chi connectivity index (χ4v) is 10.8. The second kappa shape index (κ2) is 24.2. The van der Waals surface area contributed by atoms with Crippen molar-refractivity contribution in [3.63, 3.8) is 0 Å². The van der Waals surface area contributed by atoms with Gasteiger partial charge in [0, 0.05) is 86.5 Å². The highest BCUT2D eigenvalue weighted by atomic mass is 35.5. The van der Waals surface area contributed by atoms with E-state index in [1.165, 1.54) is 43.1 Å². The van der Waals surface area contributed by atoms with Crippen LogP contribution in [0.15, 0.2) is 60.9 Å². The number of aliphatic carboxylic acids is 1. The maximum atomic E-state index is 12.9. The predicted octanol–water partition coefficient (Wildman–Crippen LogP) is 11.8. The average Bonchev–Trinajstić information content (AvgIpc) is 4.01. The first-order valence-corrected chi connectivity index (χ1v) is 26.4. The molecule has 1 N–H and O–H groups in total. The van der Waals surface area contributed by atoms with Crippen molar-refractivity contribution in [2.24, 2.45) is 11.8 Å². The van der Waals surface area contributed by atoms with Gasteiger partial charge in [-0.25, -0.2) is 34.3 Å². The van der Waals surface area contributed by atoms with E-state index >= 15 is 0 Å². The number of likely N-dealkylation sites (N-methyl/N-ethyl adjacent to an activating group) is 1. The lowest BCUT2D eigenvalue weighted by molar-refractivity contribution is -0.142. The van der Waals surface area contributed by atoms with Crippen LogP contribution in [0, 0.1) is 11.8 Å². The first kappa shape index (κ1) is 59.1. The topological polar surface area (TPSA) is 205 Å². The molecule has 0 saturated carbocycles. The molecular weight excluding hydrogens is 1090 g/mol. The molecule has 416 valence electrons. The first-order valence-electron chi connectivity index (χ1n) is 24.9. The van der Waals surface area contributed by atoms with E-state index in [0.717, 1.165) is 27.4 Å². The van der Waals surface area contributed by atoms with Gasteiger partial charge in [0.15, 0.2) is 0 Å². The number of amides is 3. The summed E-state index contributed by atoms with van der Waals surface area (Å²) in [5.74, 6) is 1.65. The van der Waals surface area contributed by atoms with Gasteiger partial charge in [0.1, 0.15) is 57.9 Å². The van der Waals surface area contributed by atoms with Crippen LogP contribution in [0.1, 0.15) is 66.0 Å². The van der Waals surface area contributed by atoms with Crippen LogP contribution in [0.3, 0.4) is 0 Å². The number of methoxy groups -OCH3 is 4. The Morgan fingerprint density at radius 2 is 0.949 bits per heavy atom. The lowest BCUT2D eigenvalue weighted by atomic mass is 10.0. The zero-order chi connectivity index (χ0) is 57.1. The monoisotopic (exact) mass is 1150 g/mol. The summed E-state index contributed by atoms with van der Waals surface area (Å²) in [6, 6.07) is 13.0. The molecule has 0 bridgehead atoms. The van der Waals surface area contributed by atoms with Crippen molar-refractivity contribution in [2.45, 2.75) is 90.5 Å². The lowest BCUT2D eigenvalue weighted by Crippen LogP contribution is -2.47. The third-order valence-corrected chi connectivity index (χ3v) is 14.5. The van der Waals surface area contributed by atoms with E-state index in [0.29, 0.717) is 104 Å². The van der Waals surface area contributed by atoms with Crippen LogP contribution in [0.5, 0.6) is 23.0 Å². The number of carboxylic acids is 1. The van der Waals surface area contributed by atoms with Gasteiger partial charge in [-0.15, -0.1) is 0 Å². The van der Waals surface area contributed by atoms with E-state index in [2.05, 4.69) is 15.0 Å². The highest BCUT2D eigenvalue weighted by Gasteiger charge is 2.43. The molecule has 4 atom stereocenters. The molecule has 8 rings (SSSR count). The molecule has 18 nitrogen and oxygen atoms in total. The van der Waals surface area contributed by atoms with Gasteiger partial charge in [-0.3, -0.25) is 14.6 Å². The summed E-state index contributed by atoms with van der Waals surface area (Å²) in [6.45, 7) is 11.3. The number of carbonyl (C=O) groups is 4. The number of fused-ring (bicyclic) bond motifs is 2. The summed E-state index contributed by atoms with van der Waals surface area (Å²) >= 11 is 26.4. The Morgan fingerprint density at radius 3 is 1.28 bits per heavy atom. The number of hydrogen-bond acceptors (Lipinski definition) is 14. The fourth-order valence-electron chi connectivity index (χ4n) is 9.40. The van der Waals surface area contributed by atoms with Crippen molar-refractivity contribution in [2.75, 3.05) is 55.6 Å². The van der Waals surface area contributed by atoms with Crippen LogP contribution in [-0.2, 0) is 31.9 Å². The van der Waals surface area contributed by atoms with Crippen LogP contribution < -0.4 is 18.9 Å². The van der Waals surface area contributed by atoms with Gasteiger partial charge in [-0.2, -0.15) is 0 Å². The summed E-state index contributed by atoms with van der Waals surface area (Å²) in [6.07, 6.45) is 4.07. The van der Waals surface area contributed by atoms with E-state index in [-0.39, 0.29) is 24.3 Å². The number of rotatable bonds is 12. The van der Waals surface area contributed by atoms with Crippen LogP contribution in [0.4, 0.5) is 9.59 Å². The van der Waals surface area contributed by atoms with E-state index in [1.807, 2.05) is 57.2 Å². The minimum atomic E-state index is -1.06. The average molecular weight is 1150 g/mol. The number of likely N-dealkylation sites (tertiary alicyclic amines) is 2.